The second-order valence-corrected chi connectivity index (χ2v) is 6.84. The lowest BCUT2D eigenvalue weighted by Gasteiger charge is -2.39. The minimum absolute atomic E-state index is 0. The summed E-state index contributed by atoms with van der Waals surface area (Å²) in [6, 6.07) is 6.57. The van der Waals surface area contributed by atoms with Crippen molar-refractivity contribution in [3.63, 3.8) is 0 Å². The van der Waals surface area contributed by atoms with Gasteiger partial charge in [0.1, 0.15) is 0 Å². The van der Waals surface area contributed by atoms with Crippen LogP contribution in [0, 0.1) is 5.41 Å². The molecule has 0 amide bonds. The normalized spacial score (nSPS) is 18.8. The first kappa shape index (κ1) is 20.0. The number of carbonyl (C=O) groups is 1. The molecule has 1 saturated heterocycles. The number of esters is 1. The summed E-state index contributed by atoms with van der Waals surface area (Å²) in [7, 11) is 1.66. The predicted octanol–water partition coefficient (Wildman–Crippen LogP) is 2.87. The molecule has 0 unspecified atom stereocenters. The van der Waals surface area contributed by atoms with Crippen LogP contribution in [0.4, 0.5) is 5.69 Å². The Hall–Kier alpha value is -1.30. The number of nitrogens with one attached hydrogen (secondary N) is 1. The minimum Gasteiger partial charge on any atom is -0.465 e. The molecule has 0 bridgehead atoms. The van der Waals surface area contributed by atoms with Crippen LogP contribution < -0.4 is 5.32 Å². The van der Waals surface area contributed by atoms with Crippen molar-refractivity contribution in [3.8, 4) is 0 Å². The molecule has 1 aromatic rings. The molecule has 0 radical (unpaired) electrons. The van der Waals surface area contributed by atoms with Crippen LogP contribution in [-0.2, 0) is 27.2 Å². The molecule has 3 rings (SSSR count). The smallest absolute Gasteiger partial charge is 0.314 e. The Morgan fingerprint density at radius 1 is 1.32 bits per heavy atom. The lowest BCUT2D eigenvalue weighted by Crippen LogP contribution is -2.47. The average molecular weight is 369 g/mol. The van der Waals surface area contributed by atoms with E-state index in [0.29, 0.717) is 13.2 Å². The fourth-order valence-corrected chi connectivity index (χ4v) is 3.89. The Kier molecular flexibility index (Phi) is 7.11. The Labute approximate surface area is 156 Å². The van der Waals surface area contributed by atoms with E-state index in [1.54, 1.807) is 7.11 Å². The first-order valence-corrected chi connectivity index (χ1v) is 8.91. The molecule has 0 atom stereocenters. The molecular weight excluding hydrogens is 340 g/mol. The van der Waals surface area contributed by atoms with Gasteiger partial charge in [-0.3, -0.25) is 9.69 Å². The third-order valence-corrected chi connectivity index (χ3v) is 5.27. The van der Waals surface area contributed by atoms with E-state index in [0.717, 1.165) is 45.4 Å². The van der Waals surface area contributed by atoms with Gasteiger partial charge in [-0.05, 0) is 50.4 Å². The Balaban J connectivity index is 0.00000225. The van der Waals surface area contributed by atoms with Gasteiger partial charge in [-0.2, -0.15) is 0 Å². The summed E-state index contributed by atoms with van der Waals surface area (Å²) in [4.78, 5) is 14.8. The zero-order valence-electron chi connectivity index (χ0n) is 15.2. The van der Waals surface area contributed by atoms with Crippen LogP contribution in [0.25, 0.3) is 0 Å². The maximum Gasteiger partial charge on any atom is 0.314 e. The summed E-state index contributed by atoms with van der Waals surface area (Å²) in [6.45, 7) is 6.49. The minimum atomic E-state index is -0.474. The summed E-state index contributed by atoms with van der Waals surface area (Å²) in [6.07, 6.45) is 2.70. The first-order chi connectivity index (χ1) is 11.7. The molecule has 2 aliphatic heterocycles. The summed E-state index contributed by atoms with van der Waals surface area (Å²) < 4.78 is 10.6. The number of likely N-dealkylation sites (tertiary alicyclic amines) is 1. The van der Waals surface area contributed by atoms with E-state index in [1.165, 1.54) is 16.8 Å². The molecule has 0 aromatic heterocycles. The van der Waals surface area contributed by atoms with Crippen molar-refractivity contribution in [3.05, 3.63) is 29.3 Å². The molecule has 2 aliphatic rings. The molecular formula is C19H29ClN2O3. The molecule has 2 heterocycles. The van der Waals surface area contributed by atoms with Crippen molar-refractivity contribution in [2.75, 3.05) is 45.3 Å². The van der Waals surface area contributed by atoms with Crippen molar-refractivity contribution in [1.82, 2.24) is 4.90 Å². The summed E-state index contributed by atoms with van der Waals surface area (Å²) >= 11 is 0. The number of carbonyl (C=O) groups excluding carboxylic acids is 1. The highest BCUT2D eigenvalue weighted by molar-refractivity contribution is 5.85. The number of halogens is 1. The molecule has 25 heavy (non-hydrogen) atoms. The average Bonchev–Trinajstić information content (AvgIpc) is 3.07. The van der Waals surface area contributed by atoms with Crippen molar-refractivity contribution in [2.45, 2.75) is 32.7 Å². The van der Waals surface area contributed by atoms with Gasteiger partial charge in [0.25, 0.3) is 0 Å². The molecule has 5 nitrogen and oxygen atoms in total. The second kappa shape index (κ2) is 8.88. The van der Waals surface area contributed by atoms with E-state index < -0.39 is 5.41 Å². The van der Waals surface area contributed by atoms with Crippen molar-refractivity contribution in [1.29, 1.82) is 0 Å². The van der Waals surface area contributed by atoms with E-state index >= 15 is 0 Å². The van der Waals surface area contributed by atoms with Gasteiger partial charge in [0.2, 0.25) is 0 Å². The summed E-state index contributed by atoms with van der Waals surface area (Å²) in [5.41, 5.74) is 3.62. The fourth-order valence-electron chi connectivity index (χ4n) is 3.89. The quantitative estimate of drug-likeness (QED) is 0.782. The summed E-state index contributed by atoms with van der Waals surface area (Å²) in [5.74, 6) is -0.103. The monoisotopic (exact) mass is 368 g/mol. The van der Waals surface area contributed by atoms with Gasteiger partial charge in [-0.15, -0.1) is 12.4 Å². The fraction of sp³-hybridized carbons (Fsp3) is 0.632. The second-order valence-electron chi connectivity index (χ2n) is 6.84. The van der Waals surface area contributed by atoms with Gasteiger partial charge in [0.05, 0.1) is 18.6 Å². The van der Waals surface area contributed by atoms with Gasteiger partial charge >= 0.3 is 5.97 Å². The molecule has 1 N–H and O–H groups in total. The third kappa shape index (κ3) is 4.27. The van der Waals surface area contributed by atoms with Crippen LogP contribution in [-0.4, -0.2) is 50.8 Å². The topological polar surface area (TPSA) is 50.8 Å². The highest BCUT2D eigenvalue weighted by atomic mass is 35.5. The first-order valence-electron chi connectivity index (χ1n) is 8.91. The van der Waals surface area contributed by atoms with Crippen molar-refractivity contribution < 1.29 is 14.3 Å². The van der Waals surface area contributed by atoms with Crippen LogP contribution in [0.2, 0.25) is 0 Å². The number of rotatable bonds is 6. The number of hydrogen-bond donors (Lipinski definition) is 1. The van der Waals surface area contributed by atoms with Crippen LogP contribution >= 0.6 is 12.4 Å². The zero-order chi connectivity index (χ0) is 17.0. The highest BCUT2D eigenvalue weighted by Gasteiger charge is 2.42. The SMILES string of the molecule is CCOC(=O)C1(COC)CCN(Cc2cccc3c2NCC3)CC1.Cl. The van der Waals surface area contributed by atoms with Crippen LogP contribution in [0.5, 0.6) is 0 Å². The Morgan fingerprint density at radius 3 is 2.76 bits per heavy atom. The number of ether oxygens (including phenoxy) is 2. The largest absolute Gasteiger partial charge is 0.465 e. The summed E-state index contributed by atoms with van der Waals surface area (Å²) in [5, 5.41) is 3.51. The van der Waals surface area contributed by atoms with E-state index in [4.69, 9.17) is 9.47 Å². The molecule has 0 aliphatic carbocycles. The van der Waals surface area contributed by atoms with E-state index in [-0.39, 0.29) is 18.4 Å². The number of benzene rings is 1. The maximum atomic E-state index is 12.4. The van der Waals surface area contributed by atoms with Crippen molar-refractivity contribution in [2.24, 2.45) is 5.41 Å². The van der Waals surface area contributed by atoms with E-state index in [1.807, 2.05) is 6.92 Å². The Bertz CT molecular complexity index is 586. The molecule has 1 aromatic carbocycles. The lowest BCUT2D eigenvalue weighted by atomic mass is 9.79. The third-order valence-electron chi connectivity index (χ3n) is 5.27. The number of para-hydroxylation sites is 1. The molecule has 140 valence electrons. The molecule has 0 saturated carbocycles. The molecule has 1 fully saturated rings. The van der Waals surface area contributed by atoms with E-state index in [9.17, 15) is 4.79 Å². The van der Waals surface area contributed by atoms with Gasteiger partial charge in [-0.25, -0.2) is 0 Å². The number of piperidine rings is 1. The Morgan fingerprint density at radius 2 is 2.08 bits per heavy atom. The molecule has 6 heteroatoms. The number of methoxy groups -OCH3 is 1. The lowest BCUT2D eigenvalue weighted by molar-refractivity contribution is -0.162. The van der Waals surface area contributed by atoms with E-state index in [2.05, 4.69) is 28.4 Å². The number of fused-ring (bicyclic) bond motifs is 1. The number of nitrogens with zero attached hydrogens (tertiary/aromatic N) is 1. The maximum absolute atomic E-state index is 12.4. The van der Waals surface area contributed by atoms with Gasteiger partial charge < -0.3 is 14.8 Å². The standard InChI is InChI=1S/C19H28N2O3.ClH/c1-3-24-18(22)19(14-23-2)8-11-21(12-9-19)13-16-6-4-5-15-7-10-20-17(15)16;/h4-6,20H,3,7-14H2,1-2H3;1H. The van der Waals surface area contributed by atoms with Gasteiger partial charge in [-0.1, -0.05) is 18.2 Å². The van der Waals surface area contributed by atoms with Crippen LogP contribution in [0.15, 0.2) is 18.2 Å². The zero-order valence-corrected chi connectivity index (χ0v) is 16.0. The number of anilines is 1. The number of hydrogen-bond acceptors (Lipinski definition) is 5. The van der Waals surface area contributed by atoms with Crippen LogP contribution in [0.3, 0.4) is 0 Å². The highest BCUT2D eigenvalue weighted by Crippen LogP contribution is 2.35. The molecule has 0 spiro atoms. The van der Waals surface area contributed by atoms with Crippen LogP contribution in [0.1, 0.15) is 30.9 Å². The predicted molar refractivity (Wildman–Crippen MR) is 101 cm³/mol. The van der Waals surface area contributed by atoms with Gasteiger partial charge in [0.15, 0.2) is 0 Å². The van der Waals surface area contributed by atoms with Gasteiger partial charge in [0, 0.05) is 25.9 Å². The van der Waals surface area contributed by atoms with Crippen molar-refractivity contribution >= 4 is 24.1 Å².